The number of ether oxygens (including phenoxy) is 1. The van der Waals surface area contributed by atoms with Crippen molar-refractivity contribution >= 4 is 11.9 Å². The van der Waals surface area contributed by atoms with Gasteiger partial charge < -0.3 is 9.64 Å². The zero-order valence-electron chi connectivity index (χ0n) is 11.9. The molecule has 1 saturated heterocycles. The normalized spacial score (nSPS) is 20.1. The van der Waals surface area contributed by atoms with E-state index < -0.39 is 18.1 Å². The first kappa shape index (κ1) is 14.5. The van der Waals surface area contributed by atoms with E-state index in [0.717, 1.165) is 5.56 Å². The van der Waals surface area contributed by atoms with Crippen LogP contribution in [0.2, 0.25) is 0 Å². The fraction of sp³-hybridized carbons (Fsp3) is 0.467. The van der Waals surface area contributed by atoms with Gasteiger partial charge in [-0.1, -0.05) is 17.7 Å². The molecule has 1 fully saturated rings. The van der Waals surface area contributed by atoms with Gasteiger partial charge >= 0.3 is 5.97 Å². The van der Waals surface area contributed by atoms with E-state index in [0.29, 0.717) is 12.0 Å². The summed E-state index contributed by atoms with van der Waals surface area (Å²) < 4.78 is 18.7. The van der Waals surface area contributed by atoms with Gasteiger partial charge in [0.05, 0.1) is 13.2 Å². The Kier molecular flexibility index (Phi) is 4.06. The second kappa shape index (κ2) is 5.61. The van der Waals surface area contributed by atoms with Gasteiger partial charge in [0.15, 0.2) is 0 Å². The molecule has 2 atom stereocenters. The lowest BCUT2D eigenvalue weighted by Crippen LogP contribution is -2.41. The number of amides is 1. The second-order valence-electron chi connectivity index (χ2n) is 5.08. The molecule has 1 aromatic rings. The Morgan fingerprint density at radius 2 is 2.20 bits per heavy atom. The molecule has 108 valence electrons. The van der Waals surface area contributed by atoms with E-state index in [2.05, 4.69) is 0 Å². The van der Waals surface area contributed by atoms with Crippen molar-refractivity contribution < 1.29 is 18.7 Å². The number of carbonyl (C=O) groups excluding carboxylic acids is 2. The molecule has 2 unspecified atom stereocenters. The Bertz CT molecular complexity index is 544. The summed E-state index contributed by atoms with van der Waals surface area (Å²) in [5, 5.41) is 0. The summed E-state index contributed by atoms with van der Waals surface area (Å²) in [6, 6.07) is 3.65. The molecule has 0 aliphatic carbocycles. The second-order valence-corrected chi connectivity index (χ2v) is 5.08. The first-order valence-corrected chi connectivity index (χ1v) is 6.60. The van der Waals surface area contributed by atoms with Crippen molar-refractivity contribution in [2.75, 3.05) is 7.11 Å². The van der Waals surface area contributed by atoms with Crippen molar-refractivity contribution in [3.05, 3.63) is 35.1 Å². The smallest absolute Gasteiger partial charge is 0.328 e. The Balaban J connectivity index is 2.34. The van der Waals surface area contributed by atoms with Gasteiger partial charge in [-0.05, 0) is 26.3 Å². The quantitative estimate of drug-likeness (QED) is 0.798. The average molecular weight is 279 g/mol. The maximum Gasteiger partial charge on any atom is 0.328 e. The summed E-state index contributed by atoms with van der Waals surface area (Å²) >= 11 is 0. The number of esters is 1. The minimum atomic E-state index is -0.623. The van der Waals surface area contributed by atoms with Crippen LogP contribution in [0.25, 0.3) is 0 Å². The molecule has 20 heavy (non-hydrogen) atoms. The van der Waals surface area contributed by atoms with Crippen LogP contribution in [-0.2, 0) is 14.3 Å². The molecule has 1 aromatic carbocycles. The van der Waals surface area contributed by atoms with Crippen LogP contribution in [0.4, 0.5) is 4.39 Å². The summed E-state index contributed by atoms with van der Waals surface area (Å²) in [6.45, 7) is 3.59. The largest absolute Gasteiger partial charge is 0.467 e. The molecule has 1 aliphatic rings. The van der Waals surface area contributed by atoms with Crippen molar-refractivity contribution in [1.29, 1.82) is 0 Å². The number of benzene rings is 1. The summed E-state index contributed by atoms with van der Waals surface area (Å²) in [4.78, 5) is 25.2. The van der Waals surface area contributed by atoms with Crippen LogP contribution in [0.1, 0.15) is 36.9 Å². The molecule has 5 heteroatoms. The number of methoxy groups -OCH3 is 1. The third kappa shape index (κ3) is 2.53. The third-order valence-corrected chi connectivity index (χ3v) is 3.75. The van der Waals surface area contributed by atoms with Gasteiger partial charge in [0.1, 0.15) is 11.9 Å². The maximum atomic E-state index is 14.0. The number of carbonyl (C=O) groups is 2. The molecule has 4 nitrogen and oxygen atoms in total. The van der Waals surface area contributed by atoms with Gasteiger partial charge in [0, 0.05) is 12.0 Å². The third-order valence-electron chi connectivity index (χ3n) is 3.75. The number of nitrogens with zero attached hydrogens (tertiary/aromatic N) is 1. The molecule has 1 aliphatic heterocycles. The van der Waals surface area contributed by atoms with Gasteiger partial charge in [0.25, 0.3) is 0 Å². The standard InChI is InChI=1S/C15H18FNO3/c1-9-4-5-12(16)11(8-9)10(2)17-13(15(19)20-3)6-7-14(17)18/h4-5,8,10,13H,6-7H2,1-3H3. The number of rotatable bonds is 3. The molecule has 0 bridgehead atoms. The van der Waals surface area contributed by atoms with Gasteiger partial charge in [-0.2, -0.15) is 0 Å². The van der Waals surface area contributed by atoms with Crippen LogP contribution in [0.15, 0.2) is 18.2 Å². The van der Waals surface area contributed by atoms with Crippen LogP contribution in [0.3, 0.4) is 0 Å². The molecule has 0 N–H and O–H groups in total. The number of hydrogen-bond acceptors (Lipinski definition) is 3. The van der Waals surface area contributed by atoms with E-state index in [1.165, 1.54) is 18.1 Å². The monoisotopic (exact) mass is 279 g/mol. The Morgan fingerprint density at radius 1 is 1.50 bits per heavy atom. The average Bonchev–Trinajstić information content (AvgIpc) is 2.81. The lowest BCUT2D eigenvalue weighted by atomic mass is 10.0. The number of hydrogen-bond donors (Lipinski definition) is 0. The highest BCUT2D eigenvalue weighted by molar-refractivity contribution is 5.88. The van der Waals surface area contributed by atoms with Crippen molar-refractivity contribution in [3.63, 3.8) is 0 Å². The molecule has 0 saturated carbocycles. The fourth-order valence-electron chi connectivity index (χ4n) is 2.69. The van der Waals surface area contributed by atoms with E-state index in [9.17, 15) is 14.0 Å². The first-order valence-electron chi connectivity index (χ1n) is 6.60. The minimum Gasteiger partial charge on any atom is -0.467 e. The molecule has 2 rings (SSSR count). The van der Waals surface area contributed by atoms with Crippen LogP contribution in [0, 0.1) is 12.7 Å². The number of halogens is 1. The predicted octanol–water partition coefficient (Wildman–Crippen LogP) is 2.36. The van der Waals surface area contributed by atoms with Crippen molar-refractivity contribution in [3.8, 4) is 0 Å². The van der Waals surface area contributed by atoms with Crippen molar-refractivity contribution in [1.82, 2.24) is 4.90 Å². The molecule has 0 radical (unpaired) electrons. The minimum absolute atomic E-state index is 0.145. The number of likely N-dealkylation sites (tertiary alicyclic amines) is 1. The summed E-state index contributed by atoms with van der Waals surface area (Å²) in [7, 11) is 1.29. The van der Waals surface area contributed by atoms with E-state index in [1.807, 2.05) is 6.92 Å². The van der Waals surface area contributed by atoms with E-state index in [4.69, 9.17) is 4.74 Å². The lowest BCUT2D eigenvalue weighted by Gasteiger charge is -2.30. The molecule has 0 aromatic heterocycles. The van der Waals surface area contributed by atoms with Gasteiger partial charge in [-0.25, -0.2) is 9.18 Å². The molecular formula is C15H18FNO3. The van der Waals surface area contributed by atoms with E-state index >= 15 is 0 Å². The molecule has 1 amide bonds. The predicted molar refractivity (Wildman–Crippen MR) is 71.4 cm³/mol. The summed E-state index contributed by atoms with van der Waals surface area (Å²) in [5.74, 6) is -0.962. The van der Waals surface area contributed by atoms with Crippen LogP contribution in [0.5, 0.6) is 0 Å². The zero-order valence-corrected chi connectivity index (χ0v) is 11.9. The van der Waals surface area contributed by atoms with E-state index in [1.54, 1.807) is 19.1 Å². The topological polar surface area (TPSA) is 46.6 Å². The lowest BCUT2D eigenvalue weighted by molar-refractivity contribution is -0.150. The SMILES string of the molecule is COC(=O)C1CCC(=O)N1C(C)c1cc(C)ccc1F. The highest BCUT2D eigenvalue weighted by Crippen LogP contribution is 2.32. The Hall–Kier alpha value is -1.91. The zero-order chi connectivity index (χ0) is 14.9. The van der Waals surface area contributed by atoms with Gasteiger partial charge in [-0.15, -0.1) is 0 Å². The Morgan fingerprint density at radius 3 is 2.85 bits per heavy atom. The molecule has 1 heterocycles. The van der Waals surface area contributed by atoms with Crippen molar-refractivity contribution in [2.24, 2.45) is 0 Å². The highest BCUT2D eigenvalue weighted by atomic mass is 19.1. The molecular weight excluding hydrogens is 261 g/mol. The number of aryl methyl sites for hydroxylation is 1. The molecule has 0 spiro atoms. The maximum absolute atomic E-state index is 14.0. The van der Waals surface area contributed by atoms with Gasteiger partial charge in [0.2, 0.25) is 5.91 Å². The fourth-order valence-corrected chi connectivity index (χ4v) is 2.69. The first-order chi connectivity index (χ1) is 9.45. The van der Waals surface area contributed by atoms with Crippen LogP contribution < -0.4 is 0 Å². The summed E-state index contributed by atoms with van der Waals surface area (Å²) in [5.41, 5.74) is 1.34. The Labute approximate surface area is 117 Å². The van der Waals surface area contributed by atoms with Crippen LogP contribution >= 0.6 is 0 Å². The van der Waals surface area contributed by atoms with E-state index in [-0.39, 0.29) is 18.1 Å². The highest BCUT2D eigenvalue weighted by Gasteiger charge is 2.40. The van der Waals surface area contributed by atoms with Crippen molar-refractivity contribution in [2.45, 2.75) is 38.8 Å². The van der Waals surface area contributed by atoms with Crippen LogP contribution in [-0.4, -0.2) is 29.9 Å². The van der Waals surface area contributed by atoms with Gasteiger partial charge in [-0.3, -0.25) is 4.79 Å². The summed E-state index contributed by atoms with van der Waals surface area (Å²) in [6.07, 6.45) is 0.709.